The molecule has 1 heterocycles. The summed E-state index contributed by atoms with van der Waals surface area (Å²) in [5, 5.41) is 10.6. The van der Waals surface area contributed by atoms with Crippen molar-refractivity contribution in [1.29, 1.82) is 0 Å². The number of guanidine groups is 1. The average molecular weight is 418 g/mol. The van der Waals surface area contributed by atoms with Crippen LogP contribution < -0.4 is 20.5 Å². The molecule has 0 radical (unpaired) electrons. The van der Waals surface area contributed by atoms with Crippen molar-refractivity contribution in [1.82, 2.24) is 15.0 Å². The van der Waals surface area contributed by atoms with Crippen molar-refractivity contribution in [3.63, 3.8) is 0 Å². The number of nitrogens with one attached hydrogen (secondary N) is 1. The zero-order valence-electron chi connectivity index (χ0n) is 12.6. The number of methoxy groups -OCH3 is 2. The van der Waals surface area contributed by atoms with Crippen molar-refractivity contribution in [3.05, 3.63) is 30.1 Å². The predicted octanol–water partition coefficient (Wildman–Crippen LogP) is 1.38. The highest BCUT2D eigenvalue weighted by molar-refractivity contribution is 14.0. The van der Waals surface area contributed by atoms with Crippen LogP contribution in [0.15, 0.2) is 29.4 Å². The fourth-order valence-electron chi connectivity index (χ4n) is 1.71. The Kier molecular flexibility index (Phi) is 6.89. The summed E-state index contributed by atoms with van der Waals surface area (Å²) in [6, 6.07) is 5.38. The molecule has 0 aliphatic carbocycles. The van der Waals surface area contributed by atoms with Gasteiger partial charge in [-0.2, -0.15) is 0 Å². The van der Waals surface area contributed by atoms with Gasteiger partial charge in [-0.05, 0) is 12.1 Å². The van der Waals surface area contributed by atoms with Crippen LogP contribution in [0.3, 0.4) is 0 Å². The van der Waals surface area contributed by atoms with Crippen molar-refractivity contribution < 1.29 is 9.47 Å². The van der Waals surface area contributed by atoms with Crippen LogP contribution in [0, 0.1) is 0 Å². The largest absolute Gasteiger partial charge is 0.497 e. The van der Waals surface area contributed by atoms with E-state index in [2.05, 4.69) is 20.6 Å². The van der Waals surface area contributed by atoms with Crippen molar-refractivity contribution >= 4 is 35.6 Å². The third-order valence-corrected chi connectivity index (χ3v) is 2.89. The second-order valence-corrected chi connectivity index (χ2v) is 4.24. The van der Waals surface area contributed by atoms with Gasteiger partial charge in [0, 0.05) is 13.1 Å². The van der Waals surface area contributed by atoms with Crippen molar-refractivity contribution in [2.75, 3.05) is 19.5 Å². The van der Waals surface area contributed by atoms with E-state index in [4.69, 9.17) is 15.2 Å². The van der Waals surface area contributed by atoms with Crippen molar-refractivity contribution in [2.45, 2.75) is 6.54 Å². The Bertz CT molecular complexity index is 643. The Morgan fingerprint density at radius 1 is 1.36 bits per heavy atom. The SMILES string of the molecule is COc1ccc(OC)c(NC(N)=NCc2cnnn2C)c1.I. The molecule has 0 bridgehead atoms. The molecular weight excluding hydrogens is 399 g/mol. The van der Waals surface area contributed by atoms with Crippen LogP contribution >= 0.6 is 24.0 Å². The van der Waals surface area contributed by atoms with E-state index in [1.54, 1.807) is 50.3 Å². The maximum absolute atomic E-state index is 5.88. The van der Waals surface area contributed by atoms with E-state index in [1.165, 1.54) is 0 Å². The Hall–Kier alpha value is -2.04. The van der Waals surface area contributed by atoms with Crippen LogP contribution in [0.1, 0.15) is 5.69 Å². The van der Waals surface area contributed by atoms with Gasteiger partial charge >= 0.3 is 0 Å². The highest BCUT2D eigenvalue weighted by Crippen LogP contribution is 2.28. The monoisotopic (exact) mass is 418 g/mol. The Morgan fingerprint density at radius 2 is 2.14 bits per heavy atom. The molecule has 8 nitrogen and oxygen atoms in total. The number of anilines is 1. The molecule has 0 amide bonds. The lowest BCUT2D eigenvalue weighted by Gasteiger charge is -2.12. The van der Waals surface area contributed by atoms with Crippen LogP contribution in [-0.2, 0) is 13.6 Å². The molecule has 0 atom stereocenters. The van der Waals surface area contributed by atoms with Crippen LogP contribution in [0.25, 0.3) is 0 Å². The van der Waals surface area contributed by atoms with Crippen LogP contribution in [0.2, 0.25) is 0 Å². The number of aryl methyl sites for hydroxylation is 1. The number of hydrogen-bond donors (Lipinski definition) is 2. The third kappa shape index (κ3) is 4.48. The highest BCUT2D eigenvalue weighted by Gasteiger charge is 2.06. The number of nitrogens with zero attached hydrogens (tertiary/aromatic N) is 4. The Balaban J connectivity index is 0.00000242. The summed E-state index contributed by atoms with van der Waals surface area (Å²) in [6.07, 6.45) is 1.64. The summed E-state index contributed by atoms with van der Waals surface area (Å²) >= 11 is 0. The third-order valence-electron chi connectivity index (χ3n) is 2.89. The lowest BCUT2D eigenvalue weighted by Crippen LogP contribution is -2.23. The molecule has 3 N–H and O–H groups in total. The molecule has 0 aliphatic rings. The molecule has 0 saturated carbocycles. The molecule has 120 valence electrons. The van der Waals surface area contributed by atoms with E-state index in [1.807, 2.05) is 0 Å². The maximum atomic E-state index is 5.88. The first-order chi connectivity index (χ1) is 10.1. The van der Waals surface area contributed by atoms with E-state index in [-0.39, 0.29) is 29.9 Å². The van der Waals surface area contributed by atoms with E-state index >= 15 is 0 Å². The lowest BCUT2D eigenvalue weighted by atomic mass is 10.2. The van der Waals surface area contributed by atoms with Crippen LogP contribution in [0.5, 0.6) is 11.5 Å². The van der Waals surface area contributed by atoms with Gasteiger partial charge in [-0.1, -0.05) is 5.21 Å². The number of hydrogen-bond acceptors (Lipinski definition) is 5. The fraction of sp³-hybridized carbons (Fsp3) is 0.308. The molecule has 22 heavy (non-hydrogen) atoms. The molecule has 2 aromatic rings. The second-order valence-electron chi connectivity index (χ2n) is 4.24. The minimum absolute atomic E-state index is 0. The van der Waals surface area contributed by atoms with Gasteiger partial charge in [0.2, 0.25) is 0 Å². The Labute approximate surface area is 145 Å². The zero-order chi connectivity index (χ0) is 15.2. The lowest BCUT2D eigenvalue weighted by molar-refractivity contribution is 0.405. The number of halogens is 1. The first kappa shape index (κ1) is 18.0. The van der Waals surface area contributed by atoms with Crippen molar-refractivity contribution in [2.24, 2.45) is 17.8 Å². The number of rotatable bonds is 5. The fourth-order valence-corrected chi connectivity index (χ4v) is 1.71. The van der Waals surface area contributed by atoms with Gasteiger partial charge in [-0.15, -0.1) is 29.1 Å². The minimum Gasteiger partial charge on any atom is -0.497 e. The van der Waals surface area contributed by atoms with Gasteiger partial charge in [-0.3, -0.25) is 4.68 Å². The normalized spacial score (nSPS) is 10.8. The van der Waals surface area contributed by atoms with E-state index in [0.717, 1.165) is 5.69 Å². The van der Waals surface area contributed by atoms with Gasteiger partial charge in [0.05, 0.1) is 38.3 Å². The maximum Gasteiger partial charge on any atom is 0.193 e. The van der Waals surface area contributed by atoms with Gasteiger partial charge in [0.1, 0.15) is 11.5 Å². The average Bonchev–Trinajstić information content (AvgIpc) is 2.90. The molecular formula is C13H19IN6O2. The van der Waals surface area contributed by atoms with Crippen LogP contribution in [0.4, 0.5) is 5.69 Å². The predicted molar refractivity (Wildman–Crippen MR) is 94.9 cm³/mol. The van der Waals surface area contributed by atoms with Crippen LogP contribution in [-0.4, -0.2) is 35.2 Å². The molecule has 1 aromatic heterocycles. The topological polar surface area (TPSA) is 99.6 Å². The molecule has 0 saturated heterocycles. The number of aromatic nitrogens is 3. The minimum atomic E-state index is 0. The van der Waals surface area contributed by atoms with Crippen molar-refractivity contribution in [3.8, 4) is 11.5 Å². The summed E-state index contributed by atoms with van der Waals surface area (Å²) in [5.74, 6) is 1.61. The highest BCUT2D eigenvalue weighted by atomic mass is 127. The Morgan fingerprint density at radius 3 is 2.73 bits per heavy atom. The van der Waals surface area contributed by atoms with E-state index < -0.39 is 0 Å². The first-order valence-corrected chi connectivity index (χ1v) is 6.26. The van der Waals surface area contributed by atoms with E-state index in [0.29, 0.717) is 23.7 Å². The molecule has 0 aliphatic heterocycles. The summed E-state index contributed by atoms with van der Waals surface area (Å²) in [7, 11) is 4.98. The molecule has 0 unspecified atom stereocenters. The first-order valence-electron chi connectivity index (χ1n) is 6.26. The van der Waals surface area contributed by atoms with Gasteiger partial charge in [0.15, 0.2) is 5.96 Å². The standard InChI is InChI=1S/C13H18N6O2.HI/c1-19-9(8-16-18-19)7-15-13(14)17-11-6-10(20-2)4-5-12(11)21-3;/h4-6,8H,7H2,1-3H3,(H3,14,15,17);1H. The summed E-state index contributed by atoms with van der Waals surface area (Å²) in [4.78, 5) is 4.24. The zero-order valence-corrected chi connectivity index (χ0v) is 14.9. The number of benzene rings is 1. The summed E-state index contributed by atoms with van der Waals surface area (Å²) in [5.41, 5.74) is 7.42. The number of aliphatic imine (C=N–C) groups is 1. The van der Waals surface area contributed by atoms with Gasteiger partial charge in [-0.25, -0.2) is 4.99 Å². The molecule has 9 heteroatoms. The molecule has 1 aromatic carbocycles. The quantitative estimate of drug-likeness (QED) is 0.433. The number of ether oxygens (including phenoxy) is 2. The second kappa shape index (κ2) is 8.41. The summed E-state index contributed by atoms with van der Waals surface area (Å²) in [6.45, 7) is 0.384. The molecule has 0 fully saturated rings. The smallest absolute Gasteiger partial charge is 0.193 e. The molecule has 0 spiro atoms. The van der Waals surface area contributed by atoms with Gasteiger partial charge < -0.3 is 20.5 Å². The molecule has 2 rings (SSSR count). The number of nitrogens with two attached hydrogens (primary N) is 1. The van der Waals surface area contributed by atoms with E-state index in [9.17, 15) is 0 Å². The van der Waals surface area contributed by atoms with Gasteiger partial charge in [0.25, 0.3) is 0 Å². The summed E-state index contributed by atoms with van der Waals surface area (Å²) < 4.78 is 12.1.